The van der Waals surface area contributed by atoms with Crippen molar-refractivity contribution in [2.75, 3.05) is 16.4 Å². The van der Waals surface area contributed by atoms with Crippen LogP contribution in [-0.2, 0) is 0 Å². The Bertz CT molecular complexity index is 867. The molecule has 1 heterocycles. The minimum Gasteiger partial charge on any atom is -0.456 e. The third-order valence-electron chi connectivity index (χ3n) is 3.23. The number of halogens is 1. The van der Waals surface area contributed by atoms with Crippen molar-refractivity contribution < 1.29 is 9.53 Å². The van der Waals surface area contributed by atoms with Gasteiger partial charge in [-0.3, -0.25) is 0 Å². The normalized spacial score (nSPS) is 10.1. The summed E-state index contributed by atoms with van der Waals surface area (Å²) in [5, 5.41) is 5.88. The molecule has 0 aliphatic heterocycles. The molecular formula is C18H15ClN4O2. The first-order valence-corrected chi connectivity index (χ1v) is 7.80. The predicted octanol–water partition coefficient (Wildman–Crippen LogP) is 4.75. The number of nitrogens with zero attached hydrogens (tertiary/aromatic N) is 1. The van der Waals surface area contributed by atoms with Gasteiger partial charge in [0.1, 0.15) is 17.3 Å². The van der Waals surface area contributed by atoms with Crippen molar-refractivity contribution in [2.24, 2.45) is 0 Å². The molecule has 2 amide bonds. The van der Waals surface area contributed by atoms with Gasteiger partial charge in [-0.1, -0.05) is 23.7 Å². The number of nitrogens with two attached hydrogens (primary N) is 1. The van der Waals surface area contributed by atoms with Crippen LogP contribution in [-0.4, -0.2) is 11.0 Å². The Morgan fingerprint density at radius 3 is 2.36 bits per heavy atom. The number of nitrogen functional groups attached to an aromatic ring is 1. The molecule has 0 unspecified atom stereocenters. The number of amides is 2. The van der Waals surface area contributed by atoms with Crippen LogP contribution in [0.2, 0.25) is 5.02 Å². The summed E-state index contributed by atoms with van der Waals surface area (Å²) in [5.41, 5.74) is 6.69. The van der Waals surface area contributed by atoms with Crippen molar-refractivity contribution in [3.05, 3.63) is 71.9 Å². The lowest BCUT2D eigenvalue weighted by molar-refractivity contribution is 0.262. The van der Waals surface area contributed by atoms with Gasteiger partial charge in [0.2, 0.25) is 0 Å². The molecule has 0 atom stereocenters. The molecule has 2 aromatic carbocycles. The van der Waals surface area contributed by atoms with Crippen LogP contribution in [0.5, 0.6) is 11.5 Å². The summed E-state index contributed by atoms with van der Waals surface area (Å²) < 4.78 is 5.64. The highest BCUT2D eigenvalue weighted by atomic mass is 35.5. The Kier molecular flexibility index (Phi) is 5.01. The van der Waals surface area contributed by atoms with Crippen LogP contribution in [0.1, 0.15) is 0 Å². The summed E-state index contributed by atoms with van der Waals surface area (Å²) >= 11 is 6.01. The van der Waals surface area contributed by atoms with Gasteiger partial charge in [0.15, 0.2) is 0 Å². The van der Waals surface area contributed by atoms with Gasteiger partial charge in [-0.15, -0.1) is 0 Å². The SMILES string of the molecule is Nc1ccc(Oc2ccc(NC(=O)Nc3ccccc3Cl)cc2)cn1. The number of rotatable bonds is 4. The number of ether oxygens (including phenoxy) is 1. The Balaban J connectivity index is 1.59. The van der Waals surface area contributed by atoms with E-state index in [9.17, 15) is 4.79 Å². The molecule has 0 saturated heterocycles. The first-order valence-electron chi connectivity index (χ1n) is 7.42. The smallest absolute Gasteiger partial charge is 0.323 e. The molecule has 0 aliphatic carbocycles. The van der Waals surface area contributed by atoms with Gasteiger partial charge in [0.25, 0.3) is 0 Å². The molecule has 0 fully saturated rings. The van der Waals surface area contributed by atoms with Gasteiger partial charge in [0, 0.05) is 5.69 Å². The number of aromatic nitrogens is 1. The first kappa shape index (κ1) is 16.6. The maximum Gasteiger partial charge on any atom is 0.323 e. The zero-order valence-electron chi connectivity index (χ0n) is 13.1. The van der Waals surface area contributed by atoms with Gasteiger partial charge in [-0.05, 0) is 48.5 Å². The molecule has 7 heteroatoms. The summed E-state index contributed by atoms with van der Waals surface area (Å²) in [5.74, 6) is 1.62. The van der Waals surface area contributed by atoms with Crippen LogP contribution in [0.4, 0.5) is 22.0 Å². The molecule has 4 N–H and O–H groups in total. The fourth-order valence-corrected chi connectivity index (χ4v) is 2.22. The van der Waals surface area contributed by atoms with Crippen molar-refractivity contribution in [3.63, 3.8) is 0 Å². The molecule has 1 aromatic heterocycles. The number of hydrogen-bond acceptors (Lipinski definition) is 4. The Morgan fingerprint density at radius 1 is 0.960 bits per heavy atom. The molecule has 25 heavy (non-hydrogen) atoms. The van der Waals surface area contributed by atoms with Gasteiger partial charge >= 0.3 is 6.03 Å². The molecule has 0 aliphatic rings. The highest BCUT2D eigenvalue weighted by Gasteiger charge is 2.06. The number of carbonyl (C=O) groups excluding carboxylic acids is 1. The third kappa shape index (κ3) is 4.62. The highest BCUT2D eigenvalue weighted by Crippen LogP contribution is 2.24. The van der Waals surface area contributed by atoms with E-state index in [0.717, 1.165) is 0 Å². The Hall–Kier alpha value is -3.25. The predicted molar refractivity (Wildman–Crippen MR) is 99.3 cm³/mol. The number of pyridine rings is 1. The van der Waals surface area contributed by atoms with Gasteiger partial charge in [-0.25, -0.2) is 9.78 Å². The van der Waals surface area contributed by atoms with Crippen LogP contribution in [0.25, 0.3) is 0 Å². The van der Waals surface area contributed by atoms with E-state index in [4.69, 9.17) is 22.1 Å². The molecular weight excluding hydrogens is 340 g/mol. The van der Waals surface area contributed by atoms with Gasteiger partial charge < -0.3 is 21.1 Å². The fraction of sp³-hybridized carbons (Fsp3) is 0. The monoisotopic (exact) mass is 354 g/mol. The number of nitrogens with one attached hydrogen (secondary N) is 2. The van der Waals surface area contributed by atoms with E-state index in [2.05, 4.69) is 15.6 Å². The molecule has 126 valence electrons. The van der Waals surface area contributed by atoms with Gasteiger partial charge in [0.05, 0.1) is 16.9 Å². The van der Waals surface area contributed by atoms with E-state index in [1.807, 2.05) is 0 Å². The van der Waals surface area contributed by atoms with Crippen LogP contribution < -0.4 is 21.1 Å². The number of benzene rings is 2. The van der Waals surface area contributed by atoms with E-state index in [-0.39, 0.29) is 6.03 Å². The minimum absolute atomic E-state index is 0.385. The number of hydrogen-bond donors (Lipinski definition) is 3. The van der Waals surface area contributed by atoms with Crippen molar-refractivity contribution in [1.82, 2.24) is 4.98 Å². The van der Waals surface area contributed by atoms with Crippen LogP contribution >= 0.6 is 11.6 Å². The van der Waals surface area contributed by atoms with Crippen LogP contribution in [0, 0.1) is 0 Å². The molecule has 0 saturated carbocycles. The fourth-order valence-electron chi connectivity index (χ4n) is 2.04. The van der Waals surface area contributed by atoms with E-state index < -0.39 is 0 Å². The standard InChI is InChI=1S/C18H15ClN4O2/c19-15-3-1-2-4-16(15)23-18(24)22-12-5-7-13(8-6-12)25-14-9-10-17(20)21-11-14/h1-11H,(H2,20,21)(H2,22,23,24). The molecule has 3 rings (SSSR count). The zero-order valence-corrected chi connectivity index (χ0v) is 13.8. The third-order valence-corrected chi connectivity index (χ3v) is 3.56. The maximum atomic E-state index is 12.0. The van der Waals surface area contributed by atoms with Gasteiger partial charge in [-0.2, -0.15) is 0 Å². The second-order valence-corrected chi connectivity index (χ2v) is 5.51. The summed E-state index contributed by atoms with van der Waals surface area (Å²) in [6.07, 6.45) is 1.54. The average Bonchev–Trinajstić information content (AvgIpc) is 2.61. The Morgan fingerprint density at radius 2 is 1.68 bits per heavy atom. The van der Waals surface area contributed by atoms with Crippen molar-refractivity contribution in [1.29, 1.82) is 0 Å². The summed E-state index contributed by atoms with van der Waals surface area (Å²) in [6.45, 7) is 0. The second kappa shape index (κ2) is 7.55. The first-order chi connectivity index (χ1) is 12.1. The lowest BCUT2D eigenvalue weighted by Gasteiger charge is -2.10. The average molecular weight is 355 g/mol. The quantitative estimate of drug-likeness (QED) is 0.630. The maximum absolute atomic E-state index is 12.0. The summed E-state index contributed by atoms with van der Waals surface area (Å²) in [4.78, 5) is 16.0. The molecule has 3 aromatic rings. The number of para-hydroxylation sites is 1. The van der Waals surface area contributed by atoms with E-state index >= 15 is 0 Å². The van der Waals surface area contributed by atoms with E-state index in [0.29, 0.717) is 33.7 Å². The Labute approximate surface area is 149 Å². The van der Waals surface area contributed by atoms with E-state index in [1.165, 1.54) is 0 Å². The summed E-state index contributed by atoms with van der Waals surface area (Å²) in [7, 11) is 0. The van der Waals surface area contributed by atoms with Crippen LogP contribution in [0.15, 0.2) is 66.9 Å². The van der Waals surface area contributed by atoms with Crippen LogP contribution in [0.3, 0.4) is 0 Å². The topological polar surface area (TPSA) is 89.3 Å². The number of anilines is 3. The van der Waals surface area contributed by atoms with Crippen molar-refractivity contribution in [2.45, 2.75) is 0 Å². The largest absolute Gasteiger partial charge is 0.456 e. The zero-order chi connectivity index (χ0) is 17.6. The summed E-state index contributed by atoms with van der Waals surface area (Å²) in [6, 6.07) is 16.9. The molecule has 6 nitrogen and oxygen atoms in total. The number of carbonyl (C=O) groups is 1. The minimum atomic E-state index is -0.385. The second-order valence-electron chi connectivity index (χ2n) is 5.10. The number of urea groups is 1. The lowest BCUT2D eigenvalue weighted by atomic mass is 10.3. The lowest BCUT2D eigenvalue weighted by Crippen LogP contribution is -2.19. The van der Waals surface area contributed by atoms with Crippen molar-refractivity contribution >= 4 is 34.8 Å². The molecule has 0 radical (unpaired) electrons. The molecule has 0 spiro atoms. The van der Waals surface area contributed by atoms with Crippen molar-refractivity contribution in [3.8, 4) is 11.5 Å². The van der Waals surface area contributed by atoms with E-state index in [1.54, 1.807) is 66.9 Å². The molecule has 0 bridgehead atoms. The highest BCUT2D eigenvalue weighted by molar-refractivity contribution is 6.33.